The number of nitrogens with zero attached hydrogens (tertiary/aromatic N) is 1. The van der Waals surface area contributed by atoms with E-state index in [-0.39, 0.29) is 0 Å². The number of allylic oxidation sites excluding steroid dienone is 9. The molecular formula is C44H37N. The van der Waals surface area contributed by atoms with Gasteiger partial charge in [0.05, 0.1) is 5.41 Å². The molecule has 0 atom stereocenters. The van der Waals surface area contributed by atoms with Crippen LogP contribution in [-0.4, -0.2) is 0 Å². The van der Waals surface area contributed by atoms with E-state index in [9.17, 15) is 0 Å². The van der Waals surface area contributed by atoms with E-state index in [0.29, 0.717) is 0 Å². The van der Waals surface area contributed by atoms with Crippen LogP contribution < -0.4 is 4.90 Å². The Morgan fingerprint density at radius 2 is 1.22 bits per heavy atom. The standard InChI is InChI=1S/C44H37N/c1-3-4-7-16-33(2)44(42-23-14-12-21-40(42)41-22-13-15-24-43(41)44)36-27-31-39(32-28-36)45(37-19-10-6-11-20-37)38-29-25-35(26-30-38)34-17-8-5-9-18-34/h3-4,6-8,10-32H,2,5,9H2,1H3. The first kappa shape index (κ1) is 28.4. The van der Waals surface area contributed by atoms with Crippen molar-refractivity contribution in [2.45, 2.75) is 25.2 Å². The second kappa shape index (κ2) is 12.3. The molecular weight excluding hydrogens is 542 g/mol. The van der Waals surface area contributed by atoms with Gasteiger partial charge in [0.2, 0.25) is 0 Å². The fourth-order valence-electron chi connectivity index (χ4n) is 7.00. The van der Waals surface area contributed by atoms with Gasteiger partial charge in [0.25, 0.3) is 0 Å². The lowest BCUT2D eigenvalue weighted by atomic mass is 9.67. The molecule has 2 aliphatic carbocycles. The molecule has 1 nitrogen and oxygen atoms in total. The molecule has 0 amide bonds. The normalized spacial score (nSPS) is 14.7. The maximum absolute atomic E-state index is 4.71. The minimum Gasteiger partial charge on any atom is -0.311 e. The average Bonchev–Trinajstić information content (AvgIpc) is 3.41. The van der Waals surface area contributed by atoms with Crippen molar-refractivity contribution < 1.29 is 0 Å². The summed E-state index contributed by atoms with van der Waals surface area (Å²) in [4.78, 5) is 2.34. The summed E-state index contributed by atoms with van der Waals surface area (Å²) < 4.78 is 0. The Bertz CT molecular complexity index is 1900. The SMILES string of the molecule is C=C(C=CC=CC)C1(c2ccc(N(c3ccccc3)c3ccc(C4=CCCC=C4)cc3)cc2)c2ccccc2-c2ccccc21. The second-order valence-electron chi connectivity index (χ2n) is 11.7. The quantitative estimate of drug-likeness (QED) is 0.165. The van der Waals surface area contributed by atoms with E-state index in [1.54, 1.807) is 0 Å². The van der Waals surface area contributed by atoms with Gasteiger partial charge in [-0.25, -0.2) is 0 Å². The monoisotopic (exact) mass is 579 g/mol. The summed E-state index contributed by atoms with van der Waals surface area (Å²) in [5.74, 6) is 0. The number of hydrogen-bond acceptors (Lipinski definition) is 1. The van der Waals surface area contributed by atoms with E-state index in [4.69, 9.17) is 6.58 Å². The number of fused-ring (bicyclic) bond motifs is 3. The van der Waals surface area contributed by atoms with Crippen LogP contribution in [0.25, 0.3) is 16.7 Å². The highest BCUT2D eigenvalue weighted by Crippen LogP contribution is 2.56. The molecule has 5 aromatic rings. The third-order valence-electron chi connectivity index (χ3n) is 9.06. The molecule has 218 valence electrons. The Kier molecular flexibility index (Phi) is 7.76. The van der Waals surface area contributed by atoms with E-state index in [1.165, 1.54) is 39.0 Å². The topological polar surface area (TPSA) is 3.24 Å². The van der Waals surface area contributed by atoms with Gasteiger partial charge >= 0.3 is 0 Å². The van der Waals surface area contributed by atoms with Crippen LogP contribution in [0.1, 0.15) is 42.0 Å². The molecule has 0 fully saturated rings. The smallest absolute Gasteiger partial charge is 0.0707 e. The summed E-state index contributed by atoms with van der Waals surface area (Å²) in [5.41, 5.74) is 12.8. The zero-order valence-electron chi connectivity index (χ0n) is 25.7. The predicted molar refractivity (Wildman–Crippen MR) is 192 cm³/mol. The first-order valence-electron chi connectivity index (χ1n) is 15.8. The summed E-state index contributed by atoms with van der Waals surface area (Å²) in [6, 6.07) is 46.3. The summed E-state index contributed by atoms with van der Waals surface area (Å²) in [6.07, 6.45) is 17.4. The number of hydrogen-bond donors (Lipinski definition) is 0. The molecule has 1 heteroatoms. The maximum atomic E-state index is 4.71. The van der Waals surface area contributed by atoms with Crippen LogP contribution in [0.4, 0.5) is 17.1 Å². The second-order valence-corrected chi connectivity index (χ2v) is 11.7. The number of anilines is 3. The third-order valence-corrected chi connectivity index (χ3v) is 9.06. The largest absolute Gasteiger partial charge is 0.311 e. The highest BCUT2D eigenvalue weighted by atomic mass is 15.1. The van der Waals surface area contributed by atoms with Gasteiger partial charge in [0.1, 0.15) is 0 Å². The molecule has 0 aromatic heterocycles. The van der Waals surface area contributed by atoms with Crippen LogP contribution >= 0.6 is 0 Å². The maximum Gasteiger partial charge on any atom is 0.0707 e. The van der Waals surface area contributed by atoms with Crippen molar-refractivity contribution in [3.05, 3.63) is 204 Å². The first-order valence-corrected chi connectivity index (χ1v) is 15.8. The van der Waals surface area contributed by atoms with Crippen LogP contribution in [0.2, 0.25) is 0 Å². The molecule has 0 aliphatic heterocycles. The van der Waals surface area contributed by atoms with Gasteiger partial charge in [0, 0.05) is 17.1 Å². The van der Waals surface area contributed by atoms with Gasteiger partial charge in [-0.2, -0.15) is 0 Å². The molecule has 0 spiro atoms. The van der Waals surface area contributed by atoms with Crippen LogP contribution in [0.15, 0.2) is 182 Å². The summed E-state index contributed by atoms with van der Waals surface area (Å²) in [7, 11) is 0. The van der Waals surface area contributed by atoms with Gasteiger partial charge in [-0.05, 0) is 101 Å². The molecule has 0 saturated heterocycles. The highest BCUT2D eigenvalue weighted by molar-refractivity contribution is 5.87. The van der Waals surface area contributed by atoms with Crippen molar-refractivity contribution in [1.29, 1.82) is 0 Å². The summed E-state index contributed by atoms with van der Waals surface area (Å²) >= 11 is 0. The van der Waals surface area contributed by atoms with Crippen LogP contribution in [0, 0.1) is 0 Å². The van der Waals surface area contributed by atoms with Crippen molar-refractivity contribution in [1.82, 2.24) is 0 Å². The predicted octanol–water partition coefficient (Wildman–Crippen LogP) is 11.9. The van der Waals surface area contributed by atoms with Crippen molar-refractivity contribution in [3.63, 3.8) is 0 Å². The van der Waals surface area contributed by atoms with Crippen molar-refractivity contribution in [2.75, 3.05) is 4.90 Å². The Balaban J connectivity index is 1.35. The van der Waals surface area contributed by atoms with Gasteiger partial charge in [-0.15, -0.1) is 0 Å². The van der Waals surface area contributed by atoms with Crippen molar-refractivity contribution in [3.8, 4) is 11.1 Å². The lowest BCUT2D eigenvalue weighted by molar-refractivity contribution is 0.770. The minimum absolute atomic E-state index is 0.496. The van der Waals surface area contributed by atoms with Crippen molar-refractivity contribution in [2.24, 2.45) is 0 Å². The van der Waals surface area contributed by atoms with Crippen LogP contribution in [0.3, 0.4) is 0 Å². The molecule has 0 heterocycles. The first-order chi connectivity index (χ1) is 22.2. The fraction of sp³-hybridized carbons (Fsp3) is 0.0909. The Labute approximate surface area is 267 Å². The fourth-order valence-corrected chi connectivity index (χ4v) is 7.00. The number of rotatable bonds is 8. The lowest BCUT2D eigenvalue weighted by Crippen LogP contribution is -2.28. The Morgan fingerprint density at radius 3 is 1.82 bits per heavy atom. The molecule has 2 aliphatic rings. The molecule has 45 heavy (non-hydrogen) atoms. The summed E-state index contributed by atoms with van der Waals surface area (Å²) in [5, 5.41) is 0. The molecule has 0 N–H and O–H groups in total. The molecule has 7 rings (SSSR count). The number of para-hydroxylation sites is 1. The van der Waals surface area contributed by atoms with Gasteiger partial charge in [-0.1, -0.05) is 140 Å². The lowest BCUT2D eigenvalue weighted by Gasteiger charge is -2.34. The molecule has 0 saturated carbocycles. The van der Waals surface area contributed by atoms with Crippen molar-refractivity contribution >= 4 is 22.6 Å². The van der Waals surface area contributed by atoms with Crippen LogP contribution in [-0.2, 0) is 5.41 Å². The van der Waals surface area contributed by atoms with Crippen LogP contribution in [0.5, 0.6) is 0 Å². The van der Waals surface area contributed by atoms with E-state index in [1.807, 2.05) is 6.92 Å². The van der Waals surface area contributed by atoms with Gasteiger partial charge < -0.3 is 4.90 Å². The molecule has 0 bridgehead atoms. The molecule has 5 aromatic carbocycles. The van der Waals surface area contributed by atoms with E-state index >= 15 is 0 Å². The van der Waals surface area contributed by atoms with E-state index in [0.717, 1.165) is 35.5 Å². The van der Waals surface area contributed by atoms with Gasteiger partial charge in [-0.3, -0.25) is 0 Å². The molecule has 0 unspecified atom stereocenters. The zero-order chi connectivity index (χ0) is 30.6. The molecule has 0 radical (unpaired) electrons. The Hall–Kier alpha value is -5.40. The number of benzene rings is 5. The summed E-state index contributed by atoms with van der Waals surface area (Å²) in [6.45, 7) is 6.75. The Morgan fingerprint density at radius 1 is 0.644 bits per heavy atom. The van der Waals surface area contributed by atoms with E-state index in [2.05, 4.69) is 175 Å². The minimum atomic E-state index is -0.496. The third kappa shape index (κ3) is 5.01. The zero-order valence-corrected chi connectivity index (χ0v) is 25.7. The highest BCUT2D eigenvalue weighted by Gasteiger charge is 2.45. The van der Waals surface area contributed by atoms with E-state index < -0.39 is 5.41 Å². The van der Waals surface area contributed by atoms with Gasteiger partial charge in [0.15, 0.2) is 0 Å². The average molecular weight is 580 g/mol.